The Bertz CT molecular complexity index is 993. The molecule has 0 saturated heterocycles. The zero-order valence-corrected chi connectivity index (χ0v) is 12.3. The van der Waals surface area contributed by atoms with Crippen molar-refractivity contribution in [2.75, 3.05) is 0 Å². The number of hydrogen-bond acceptors (Lipinski definition) is 4. The molecule has 4 rings (SSSR count). The highest BCUT2D eigenvalue weighted by atomic mass is 19.1. The highest BCUT2D eigenvalue weighted by Gasteiger charge is 2.14. The number of para-hydroxylation sites is 1. The number of rotatable bonds is 2. The summed E-state index contributed by atoms with van der Waals surface area (Å²) in [4.78, 5) is 4.50. The maximum atomic E-state index is 13.0. The Hall–Kier alpha value is -3.08. The van der Waals surface area contributed by atoms with Crippen LogP contribution in [0.1, 0.15) is 5.69 Å². The molecule has 0 N–H and O–H groups in total. The molecule has 2 aromatic carbocycles. The van der Waals surface area contributed by atoms with Gasteiger partial charge in [0.15, 0.2) is 0 Å². The lowest BCUT2D eigenvalue weighted by molar-refractivity contribution is 0.584. The predicted molar refractivity (Wildman–Crippen MR) is 85.2 cm³/mol. The lowest BCUT2D eigenvalue weighted by atomic mass is 10.1. The molecule has 0 aliphatic rings. The zero-order chi connectivity index (χ0) is 15.8. The van der Waals surface area contributed by atoms with Crippen LogP contribution in [-0.2, 0) is 0 Å². The number of halogens is 1. The Labute approximate surface area is 131 Å². The summed E-state index contributed by atoms with van der Waals surface area (Å²) >= 11 is 0. The van der Waals surface area contributed by atoms with Gasteiger partial charge in [-0.2, -0.15) is 0 Å². The van der Waals surface area contributed by atoms with Gasteiger partial charge in [0.2, 0.25) is 11.8 Å². The summed E-state index contributed by atoms with van der Waals surface area (Å²) in [7, 11) is 0. The minimum atomic E-state index is -0.302. The van der Waals surface area contributed by atoms with Crippen LogP contribution in [0.3, 0.4) is 0 Å². The van der Waals surface area contributed by atoms with Crippen molar-refractivity contribution in [1.29, 1.82) is 0 Å². The van der Waals surface area contributed by atoms with Crippen LogP contribution in [0.15, 0.2) is 59.0 Å². The van der Waals surface area contributed by atoms with Gasteiger partial charge < -0.3 is 4.42 Å². The third-order valence-corrected chi connectivity index (χ3v) is 3.59. The van der Waals surface area contributed by atoms with Gasteiger partial charge in [-0.3, -0.25) is 4.98 Å². The van der Waals surface area contributed by atoms with Gasteiger partial charge in [0, 0.05) is 16.6 Å². The van der Waals surface area contributed by atoms with Gasteiger partial charge >= 0.3 is 0 Å². The first-order valence-corrected chi connectivity index (χ1v) is 7.17. The van der Waals surface area contributed by atoms with Crippen LogP contribution in [-0.4, -0.2) is 15.2 Å². The van der Waals surface area contributed by atoms with Crippen LogP contribution in [0, 0.1) is 12.7 Å². The fourth-order valence-corrected chi connectivity index (χ4v) is 2.53. The first kappa shape index (κ1) is 13.6. The third kappa shape index (κ3) is 2.46. The third-order valence-electron chi connectivity index (χ3n) is 3.59. The van der Waals surface area contributed by atoms with Crippen LogP contribution >= 0.6 is 0 Å². The highest BCUT2D eigenvalue weighted by molar-refractivity contribution is 5.92. The molecule has 2 aromatic heterocycles. The molecule has 0 atom stereocenters. The summed E-state index contributed by atoms with van der Waals surface area (Å²) in [6.45, 7) is 1.92. The Morgan fingerprint density at radius 3 is 2.48 bits per heavy atom. The number of aryl methyl sites for hydroxylation is 1. The van der Waals surface area contributed by atoms with Crippen molar-refractivity contribution < 1.29 is 8.81 Å². The van der Waals surface area contributed by atoms with Crippen LogP contribution in [0.2, 0.25) is 0 Å². The normalized spacial score (nSPS) is 11.0. The van der Waals surface area contributed by atoms with Crippen molar-refractivity contribution in [3.8, 4) is 22.9 Å². The minimum absolute atomic E-state index is 0.302. The smallest absolute Gasteiger partial charge is 0.248 e. The maximum absolute atomic E-state index is 13.0. The van der Waals surface area contributed by atoms with Crippen LogP contribution in [0.5, 0.6) is 0 Å². The van der Waals surface area contributed by atoms with Crippen molar-refractivity contribution in [3.05, 3.63) is 66.1 Å². The Morgan fingerprint density at radius 1 is 0.913 bits per heavy atom. The van der Waals surface area contributed by atoms with E-state index in [1.807, 2.05) is 37.3 Å². The quantitative estimate of drug-likeness (QED) is 0.551. The molecule has 0 unspecified atom stereocenters. The lowest BCUT2D eigenvalue weighted by Crippen LogP contribution is -1.88. The molecule has 5 heteroatoms. The van der Waals surface area contributed by atoms with E-state index in [1.54, 1.807) is 12.1 Å². The molecule has 112 valence electrons. The fourth-order valence-electron chi connectivity index (χ4n) is 2.53. The van der Waals surface area contributed by atoms with Gasteiger partial charge in [-0.05, 0) is 43.3 Å². The molecular weight excluding hydrogens is 293 g/mol. The topological polar surface area (TPSA) is 51.8 Å². The first-order valence-electron chi connectivity index (χ1n) is 7.17. The molecule has 4 nitrogen and oxygen atoms in total. The molecule has 0 saturated carbocycles. The Morgan fingerprint density at radius 2 is 1.65 bits per heavy atom. The van der Waals surface area contributed by atoms with Crippen LogP contribution in [0.4, 0.5) is 4.39 Å². The number of pyridine rings is 1. The number of aromatic nitrogens is 3. The molecule has 0 aliphatic carbocycles. The van der Waals surface area contributed by atoms with E-state index >= 15 is 0 Å². The second-order valence-electron chi connectivity index (χ2n) is 5.25. The van der Waals surface area contributed by atoms with Crippen molar-refractivity contribution in [3.63, 3.8) is 0 Å². The van der Waals surface area contributed by atoms with Gasteiger partial charge in [0.05, 0.1) is 11.1 Å². The Balaban J connectivity index is 1.85. The zero-order valence-electron chi connectivity index (χ0n) is 12.3. The SMILES string of the molecule is Cc1cc(-c2nnc(-c3ccc(F)cc3)o2)c2ccccc2n1. The number of fused-ring (bicyclic) bond motifs is 1. The standard InChI is InChI=1S/C18H12FN3O/c1-11-10-15(14-4-2-3-5-16(14)20-11)18-22-21-17(23-18)12-6-8-13(19)9-7-12/h2-10H,1H3. The molecular formula is C18H12FN3O. The van der Waals surface area contributed by atoms with Gasteiger partial charge in [-0.15, -0.1) is 10.2 Å². The molecule has 23 heavy (non-hydrogen) atoms. The Kier molecular flexibility index (Phi) is 3.12. The van der Waals surface area contributed by atoms with E-state index in [0.717, 1.165) is 22.2 Å². The first-order chi connectivity index (χ1) is 11.2. The summed E-state index contributed by atoms with van der Waals surface area (Å²) < 4.78 is 18.8. The van der Waals surface area contributed by atoms with Crippen LogP contribution < -0.4 is 0 Å². The largest absolute Gasteiger partial charge is 0.416 e. The van der Waals surface area contributed by atoms with Crippen LogP contribution in [0.25, 0.3) is 33.8 Å². The van der Waals surface area contributed by atoms with E-state index in [9.17, 15) is 4.39 Å². The number of hydrogen-bond donors (Lipinski definition) is 0. The summed E-state index contributed by atoms with van der Waals surface area (Å²) in [5.74, 6) is 0.480. The molecule has 0 fully saturated rings. The average molecular weight is 305 g/mol. The van der Waals surface area contributed by atoms with Crippen molar-refractivity contribution in [1.82, 2.24) is 15.2 Å². The number of benzene rings is 2. The van der Waals surface area contributed by atoms with E-state index in [-0.39, 0.29) is 5.82 Å². The van der Waals surface area contributed by atoms with E-state index in [4.69, 9.17) is 4.42 Å². The molecule has 2 heterocycles. The predicted octanol–water partition coefficient (Wildman–Crippen LogP) is 4.40. The fraction of sp³-hybridized carbons (Fsp3) is 0.0556. The minimum Gasteiger partial charge on any atom is -0.416 e. The molecule has 0 bridgehead atoms. The molecule has 0 amide bonds. The molecule has 0 spiro atoms. The summed E-state index contributed by atoms with van der Waals surface area (Å²) in [5, 5.41) is 9.16. The van der Waals surface area contributed by atoms with E-state index in [2.05, 4.69) is 15.2 Å². The van der Waals surface area contributed by atoms with Crippen molar-refractivity contribution in [2.45, 2.75) is 6.92 Å². The highest BCUT2D eigenvalue weighted by Crippen LogP contribution is 2.29. The van der Waals surface area contributed by atoms with Crippen molar-refractivity contribution in [2.24, 2.45) is 0 Å². The molecule has 0 aliphatic heterocycles. The second kappa shape index (κ2) is 5.28. The van der Waals surface area contributed by atoms with E-state index < -0.39 is 0 Å². The van der Waals surface area contributed by atoms with E-state index in [0.29, 0.717) is 17.3 Å². The second-order valence-corrected chi connectivity index (χ2v) is 5.25. The van der Waals surface area contributed by atoms with Crippen molar-refractivity contribution >= 4 is 10.9 Å². The molecule has 4 aromatic rings. The van der Waals surface area contributed by atoms with Gasteiger partial charge in [0.1, 0.15) is 5.82 Å². The van der Waals surface area contributed by atoms with Gasteiger partial charge in [0.25, 0.3) is 0 Å². The van der Waals surface area contributed by atoms with E-state index in [1.165, 1.54) is 12.1 Å². The number of nitrogens with zero attached hydrogens (tertiary/aromatic N) is 3. The van der Waals surface area contributed by atoms with Gasteiger partial charge in [-0.25, -0.2) is 4.39 Å². The lowest BCUT2D eigenvalue weighted by Gasteiger charge is -2.03. The summed E-state index contributed by atoms with van der Waals surface area (Å²) in [5.41, 5.74) is 3.28. The average Bonchev–Trinajstić information content (AvgIpc) is 3.04. The summed E-state index contributed by atoms with van der Waals surface area (Å²) in [6, 6.07) is 15.7. The summed E-state index contributed by atoms with van der Waals surface area (Å²) in [6.07, 6.45) is 0. The van der Waals surface area contributed by atoms with Gasteiger partial charge in [-0.1, -0.05) is 18.2 Å². The monoisotopic (exact) mass is 305 g/mol. The maximum Gasteiger partial charge on any atom is 0.248 e. The molecule has 0 radical (unpaired) electrons.